The zero-order valence-electron chi connectivity index (χ0n) is 33.8. The molecule has 0 saturated carbocycles. The minimum atomic E-state index is -0.743. The average Bonchev–Trinajstić information content (AvgIpc) is 3.84. The van der Waals surface area contributed by atoms with Crippen molar-refractivity contribution in [2.24, 2.45) is 0 Å². The molecule has 0 fully saturated rings. The Morgan fingerprint density at radius 2 is 0.750 bits per heavy atom. The van der Waals surface area contributed by atoms with E-state index in [0.29, 0.717) is 55.0 Å². The van der Waals surface area contributed by atoms with E-state index in [4.69, 9.17) is 26.5 Å². The van der Waals surface area contributed by atoms with E-state index in [-0.39, 0.29) is 44.9 Å². The Morgan fingerprint density at radius 1 is 0.350 bits per heavy atom. The van der Waals surface area contributed by atoms with E-state index in [1.165, 1.54) is 12.1 Å². The van der Waals surface area contributed by atoms with Crippen LogP contribution in [-0.2, 0) is 0 Å². The summed E-state index contributed by atoms with van der Waals surface area (Å²) >= 11 is 0. The molecule has 0 aliphatic carbocycles. The Morgan fingerprint density at radius 3 is 1.30 bits per heavy atom. The second-order valence-corrected chi connectivity index (χ2v) is 15.4. The molecule has 12 heteroatoms. The number of hydrogen-bond acceptors (Lipinski definition) is 12. The van der Waals surface area contributed by atoms with E-state index >= 15 is 0 Å². The van der Waals surface area contributed by atoms with Crippen molar-refractivity contribution in [3.8, 4) is 34.1 Å². The van der Waals surface area contributed by atoms with Crippen LogP contribution in [0.4, 0.5) is 0 Å². The molecule has 0 spiro atoms. The maximum Gasteiger partial charge on any atom is 0.351 e. The van der Waals surface area contributed by atoms with E-state index in [9.17, 15) is 29.4 Å². The summed E-state index contributed by atoms with van der Waals surface area (Å²) in [6.45, 7) is 15.0. The van der Waals surface area contributed by atoms with Gasteiger partial charge < -0.3 is 36.7 Å². The van der Waals surface area contributed by atoms with Crippen LogP contribution in [0.1, 0.15) is 44.5 Å². The van der Waals surface area contributed by atoms with Crippen LogP contribution in [0.15, 0.2) is 106 Å². The molecular formula is C48H36O12. The van der Waals surface area contributed by atoms with Crippen molar-refractivity contribution in [1.29, 1.82) is 0 Å². The van der Waals surface area contributed by atoms with Crippen molar-refractivity contribution >= 4 is 65.8 Å². The Bertz CT molecular complexity index is 3750. The molecule has 0 radical (unpaired) electrons. The first-order valence-electron chi connectivity index (χ1n) is 19.0. The SMILES string of the molecule is Cc1cc(C)c2oc(=O)c(-c3cc4c(=O)oc5c(C)cc(C)cc5c4o3)c(O)c2c1.Cc1ccc2c(O)c(-c3cc4c(=O)oc5c(C)c(C)ccc5c4o3)c(=O)oc2c1C. The Hall–Kier alpha value is -7.60. The number of fused-ring (bicyclic) bond motifs is 8. The molecular weight excluding hydrogens is 769 g/mol. The number of furan rings is 2. The maximum atomic E-state index is 12.8. The predicted octanol–water partition coefficient (Wildman–Crippen LogP) is 10.5. The molecule has 300 valence electrons. The lowest BCUT2D eigenvalue weighted by atomic mass is 10.0. The van der Waals surface area contributed by atoms with Gasteiger partial charge >= 0.3 is 22.5 Å². The van der Waals surface area contributed by atoms with E-state index in [1.54, 1.807) is 19.1 Å². The van der Waals surface area contributed by atoms with Crippen LogP contribution in [0.3, 0.4) is 0 Å². The van der Waals surface area contributed by atoms with Gasteiger partial charge in [0.1, 0.15) is 67.3 Å². The fraction of sp³-hybridized carbons (Fsp3) is 0.167. The van der Waals surface area contributed by atoms with Crippen molar-refractivity contribution in [3.05, 3.63) is 147 Å². The summed E-state index contributed by atoms with van der Waals surface area (Å²) in [5, 5.41) is 24.2. The van der Waals surface area contributed by atoms with Crippen LogP contribution in [0.2, 0.25) is 0 Å². The number of aryl methyl sites for hydroxylation is 8. The van der Waals surface area contributed by atoms with E-state index in [1.807, 2.05) is 84.9 Å². The number of aromatic hydroxyl groups is 2. The summed E-state index contributed by atoms with van der Waals surface area (Å²) in [7, 11) is 0. The molecule has 6 heterocycles. The molecule has 0 bridgehead atoms. The van der Waals surface area contributed by atoms with Gasteiger partial charge in [0.25, 0.3) is 0 Å². The van der Waals surface area contributed by atoms with Crippen molar-refractivity contribution < 1.29 is 36.7 Å². The van der Waals surface area contributed by atoms with E-state index in [2.05, 4.69) is 0 Å². The molecule has 6 aromatic heterocycles. The minimum absolute atomic E-state index is 0.0504. The highest BCUT2D eigenvalue weighted by Gasteiger charge is 2.25. The highest BCUT2D eigenvalue weighted by molar-refractivity contribution is 6.05. The fourth-order valence-electron chi connectivity index (χ4n) is 7.94. The van der Waals surface area contributed by atoms with Gasteiger partial charge in [0, 0.05) is 12.1 Å². The summed E-state index contributed by atoms with van der Waals surface area (Å²) in [6.07, 6.45) is 0. The topological polar surface area (TPSA) is 188 Å². The summed E-state index contributed by atoms with van der Waals surface area (Å²) in [5.41, 5.74) is 6.22. The van der Waals surface area contributed by atoms with Crippen LogP contribution in [-0.4, -0.2) is 10.2 Å². The Kier molecular flexibility index (Phi) is 8.53. The third-order valence-corrected chi connectivity index (χ3v) is 11.2. The van der Waals surface area contributed by atoms with Crippen LogP contribution in [0.5, 0.6) is 11.5 Å². The predicted molar refractivity (Wildman–Crippen MR) is 229 cm³/mol. The van der Waals surface area contributed by atoms with Gasteiger partial charge in [0.05, 0.1) is 21.5 Å². The minimum Gasteiger partial charge on any atom is -0.506 e. The molecule has 0 aliphatic rings. The van der Waals surface area contributed by atoms with Crippen LogP contribution < -0.4 is 22.5 Å². The summed E-state index contributed by atoms with van der Waals surface area (Å²) in [6, 6.07) is 17.5. The number of benzene rings is 4. The lowest BCUT2D eigenvalue weighted by molar-refractivity contribution is 0.466. The van der Waals surface area contributed by atoms with Gasteiger partial charge in [-0.3, -0.25) is 0 Å². The lowest BCUT2D eigenvalue weighted by Crippen LogP contribution is -2.04. The van der Waals surface area contributed by atoms with Crippen molar-refractivity contribution in [1.82, 2.24) is 0 Å². The molecule has 0 unspecified atom stereocenters. The maximum absolute atomic E-state index is 12.8. The zero-order valence-corrected chi connectivity index (χ0v) is 33.8. The molecule has 4 aromatic carbocycles. The first-order valence-corrected chi connectivity index (χ1v) is 19.0. The molecule has 0 atom stereocenters. The molecule has 10 rings (SSSR count). The monoisotopic (exact) mass is 804 g/mol. The van der Waals surface area contributed by atoms with Crippen molar-refractivity contribution in [3.63, 3.8) is 0 Å². The van der Waals surface area contributed by atoms with Gasteiger partial charge in [-0.1, -0.05) is 24.3 Å². The highest BCUT2D eigenvalue weighted by Crippen LogP contribution is 2.40. The van der Waals surface area contributed by atoms with Gasteiger partial charge in [-0.2, -0.15) is 0 Å². The smallest absolute Gasteiger partial charge is 0.351 e. The third-order valence-electron chi connectivity index (χ3n) is 11.2. The van der Waals surface area contributed by atoms with Crippen LogP contribution in [0, 0.1) is 55.4 Å². The molecule has 0 aliphatic heterocycles. The van der Waals surface area contributed by atoms with Gasteiger partial charge in [-0.05, 0) is 124 Å². The Labute approximate surface area is 338 Å². The largest absolute Gasteiger partial charge is 0.506 e. The molecule has 0 amide bonds. The quantitative estimate of drug-likeness (QED) is 0.158. The molecule has 60 heavy (non-hydrogen) atoms. The summed E-state index contributed by atoms with van der Waals surface area (Å²) < 4.78 is 33.9. The molecule has 10 aromatic rings. The zero-order chi connectivity index (χ0) is 42.6. The van der Waals surface area contributed by atoms with Crippen LogP contribution >= 0.6 is 0 Å². The average molecular weight is 805 g/mol. The van der Waals surface area contributed by atoms with E-state index in [0.717, 1.165) is 44.5 Å². The first kappa shape index (κ1) is 37.9. The molecule has 2 N–H and O–H groups in total. The van der Waals surface area contributed by atoms with Gasteiger partial charge in [0.2, 0.25) is 0 Å². The second-order valence-electron chi connectivity index (χ2n) is 15.4. The summed E-state index contributed by atoms with van der Waals surface area (Å²) in [5.74, 6) is -0.386. The fourth-order valence-corrected chi connectivity index (χ4v) is 7.94. The molecule has 0 saturated heterocycles. The summed E-state index contributed by atoms with van der Waals surface area (Å²) in [4.78, 5) is 50.6. The van der Waals surface area contributed by atoms with E-state index < -0.39 is 22.5 Å². The lowest BCUT2D eigenvalue weighted by Gasteiger charge is -2.08. The third kappa shape index (κ3) is 5.74. The van der Waals surface area contributed by atoms with Crippen molar-refractivity contribution in [2.75, 3.05) is 0 Å². The van der Waals surface area contributed by atoms with Gasteiger partial charge in [-0.15, -0.1) is 0 Å². The Balaban J connectivity index is 0.000000154. The van der Waals surface area contributed by atoms with Crippen molar-refractivity contribution in [2.45, 2.75) is 55.4 Å². The molecule has 12 nitrogen and oxygen atoms in total. The van der Waals surface area contributed by atoms with Gasteiger partial charge in [-0.25, -0.2) is 19.2 Å². The number of hydrogen-bond donors (Lipinski definition) is 2. The second kappa shape index (κ2) is 13.5. The standard InChI is InChI=1S/2C24H18O6/c1-10-5-12(3)20-14(7-10)19(25)18(24(27)30-20)17-9-16-22(28-17)15-8-11(2)6-13(4)21(15)29-23(16)26;1-10-5-7-14-19(25)18(24(27)30-20(14)12(10)3)17-9-16-22(28-17)15-8-6-11(2)13(4)21(15)29-23(16)26/h2*5-9,25H,1-4H3. The first-order chi connectivity index (χ1) is 28.5. The van der Waals surface area contributed by atoms with Gasteiger partial charge in [0.15, 0.2) is 11.2 Å². The van der Waals surface area contributed by atoms with Crippen LogP contribution in [0.25, 0.3) is 88.5 Å². The number of rotatable bonds is 2. The highest BCUT2D eigenvalue weighted by atomic mass is 16.4. The normalized spacial score (nSPS) is 11.7.